The van der Waals surface area contributed by atoms with E-state index in [0.717, 1.165) is 17.4 Å². The van der Waals surface area contributed by atoms with Crippen LogP contribution in [0.4, 0.5) is 8.78 Å². The highest BCUT2D eigenvalue weighted by Gasteiger charge is 2.19. The van der Waals surface area contributed by atoms with Crippen molar-refractivity contribution in [3.05, 3.63) is 77.5 Å². The van der Waals surface area contributed by atoms with E-state index in [1.807, 2.05) is 42.5 Å². The maximum Gasteiger partial charge on any atom is 0.279 e. The van der Waals surface area contributed by atoms with Gasteiger partial charge in [0.2, 0.25) is 0 Å². The Morgan fingerprint density at radius 1 is 1.20 bits per heavy atom. The predicted octanol–water partition coefficient (Wildman–Crippen LogP) is 3.89. The van der Waals surface area contributed by atoms with E-state index in [0.29, 0.717) is 13.0 Å². The van der Waals surface area contributed by atoms with Crippen LogP contribution in [0.5, 0.6) is 0 Å². The molecule has 0 saturated heterocycles. The molecule has 0 radical (unpaired) electrons. The van der Waals surface area contributed by atoms with Crippen molar-refractivity contribution >= 4 is 5.91 Å². The molecule has 3 aromatic rings. The fourth-order valence-corrected chi connectivity index (χ4v) is 2.63. The van der Waals surface area contributed by atoms with Crippen molar-refractivity contribution in [3.8, 4) is 0 Å². The van der Waals surface area contributed by atoms with Crippen molar-refractivity contribution in [3.63, 3.8) is 0 Å². The van der Waals surface area contributed by atoms with Gasteiger partial charge in [0, 0.05) is 12.5 Å². The predicted molar refractivity (Wildman–Crippen MR) is 87.5 cm³/mol. The lowest BCUT2D eigenvalue weighted by atomic mass is 9.93. The van der Waals surface area contributed by atoms with E-state index in [4.69, 9.17) is 4.42 Å². The van der Waals surface area contributed by atoms with Gasteiger partial charge >= 0.3 is 0 Å². The number of halogens is 2. The smallest absolute Gasteiger partial charge is 0.279 e. The number of carbonyl (C=O) groups is 1. The van der Waals surface area contributed by atoms with Crippen LogP contribution >= 0.6 is 0 Å². The molecule has 0 fully saturated rings. The lowest BCUT2D eigenvalue weighted by Crippen LogP contribution is -2.26. The molecular formula is C18H17F2N3O2. The largest absolute Gasteiger partial charge is 0.469 e. The molecule has 0 bridgehead atoms. The standard InChI is InChI=1S/C18H17F2N3O2/c19-17(20)14-11-15(23-22-14)18(24)21-9-8-13(16-7-4-10-25-16)12-5-2-1-3-6-12/h1-7,10-11,13,17H,8-9H2,(H,21,24)(H,22,23). The first-order chi connectivity index (χ1) is 12.1. The summed E-state index contributed by atoms with van der Waals surface area (Å²) in [6.45, 7) is 0.357. The molecule has 0 aliphatic carbocycles. The van der Waals surface area contributed by atoms with Gasteiger partial charge in [-0.2, -0.15) is 5.10 Å². The molecule has 2 N–H and O–H groups in total. The maximum atomic E-state index is 12.5. The van der Waals surface area contributed by atoms with Crippen LogP contribution in [0.1, 0.15) is 46.3 Å². The van der Waals surface area contributed by atoms with Crippen LogP contribution in [0.15, 0.2) is 59.2 Å². The van der Waals surface area contributed by atoms with Crippen LogP contribution in [-0.2, 0) is 0 Å². The Labute approximate surface area is 143 Å². The average Bonchev–Trinajstić information content (AvgIpc) is 3.31. The van der Waals surface area contributed by atoms with Crippen LogP contribution in [0.25, 0.3) is 0 Å². The van der Waals surface area contributed by atoms with Crippen LogP contribution in [0.2, 0.25) is 0 Å². The molecule has 0 saturated carbocycles. The van der Waals surface area contributed by atoms with Gasteiger partial charge in [0.15, 0.2) is 0 Å². The number of carbonyl (C=O) groups excluding carboxylic acids is 1. The van der Waals surface area contributed by atoms with Gasteiger partial charge in [0.05, 0.1) is 6.26 Å². The molecule has 7 heteroatoms. The Kier molecular flexibility index (Phi) is 5.23. The summed E-state index contributed by atoms with van der Waals surface area (Å²) in [5, 5.41) is 8.47. The summed E-state index contributed by atoms with van der Waals surface area (Å²) in [6, 6.07) is 14.6. The van der Waals surface area contributed by atoms with Gasteiger partial charge in [-0.05, 0) is 30.2 Å². The maximum absolute atomic E-state index is 12.5. The summed E-state index contributed by atoms with van der Waals surface area (Å²) in [4.78, 5) is 12.0. The third-order valence-electron chi connectivity index (χ3n) is 3.87. The van der Waals surface area contributed by atoms with Crippen LogP contribution in [0, 0.1) is 0 Å². The SMILES string of the molecule is O=C(NCCC(c1ccccc1)c1ccco1)c1cc(C(F)F)[nH]n1. The van der Waals surface area contributed by atoms with E-state index in [1.54, 1.807) is 6.26 Å². The molecule has 1 amide bonds. The van der Waals surface area contributed by atoms with Gasteiger partial charge < -0.3 is 9.73 Å². The van der Waals surface area contributed by atoms with Crippen molar-refractivity contribution < 1.29 is 18.0 Å². The number of rotatable bonds is 7. The number of aromatic nitrogens is 2. The molecule has 1 aromatic carbocycles. The highest BCUT2D eigenvalue weighted by molar-refractivity contribution is 5.92. The highest BCUT2D eigenvalue weighted by atomic mass is 19.3. The molecule has 2 heterocycles. The number of benzene rings is 1. The van der Waals surface area contributed by atoms with Crippen molar-refractivity contribution in [1.82, 2.24) is 15.5 Å². The first kappa shape index (κ1) is 16.9. The fourth-order valence-electron chi connectivity index (χ4n) is 2.63. The molecule has 1 unspecified atom stereocenters. The van der Waals surface area contributed by atoms with Gasteiger partial charge in [-0.3, -0.25) is 9.89 Å². The second-order valence-electron chi connectivity index (χ2n) is 5.53. The van der Waals surface area contributed by atoms with Crippen LogP contribution in [-0.4, -0.2) is 22.6 Å². The van der Waals surface area contributed by atoms with E-state index in [2.05, 4.69) is 15.5 Å². The van der Waals surface area contributed by atoms with E-state index in [1.165, 1.54) is 0 Å². The van der Waals surface area contributed by atoms with Crippen molar-refractivity contribution in [2.24, 2.45) is 0 Å². The average molecular weight is 345 g/mol. The third-order valence-corrected chi connectivity index (χ3v) is 3.87. The Balaban J connectivity index is 1.62. The molecule has 25 heavy (non-hydrogen) atoms. The summed E-state index contributed by atoms with van der Waals surface area (Å²) < 4.78 is 30.6. The van der Waals surface area contributed by atoms with Gasteiger partial charge in [-0.15, -0.1) is 0 Å². The zero-order chi connectivity index (χ0) is 17.6. The first-order valence-corrected chi connectivity index (χ1v) is 7.85. The lowest BCUT2D eigenvalue weighted by Gasteiger charge is -2.15. The summed E-state index contributed by atoms with van der Waals surface area (Å²) in [6.07, 6.45) is -0.468. The number of aromatic amines is 1. The van der Waals surface area contributed by atoms with Crippen LogP contribution in [0.3, 0.4) is 0 Å². The fraction of sp³-hybridized carbons (Fsp3) is 0.222. The number of hydrogen-bond donors (Lipinski definition) is 2. The van der Waals surface area contributed by atoms with E-state index >= 15 is 0 Å². The molecular weight excluding hydrogens is 328 g/mol. The molecule has 0 spiro atoms. The van der Waals surface area contributed by atoms with E-state index < -0.39 is 12.3 Å². The van der Waals surface area contributed by atoms with E-state index in [-0.39, 0.29) is 17.3 Å². The number of furan rings is 1. The lowest BCUT2D eigenvalue weighted by molar-refractivity contribution is 0.0947. The summed E-state index contributed by atoms with van der Waals surface area (Å²) in [5.41, 5.74) is 0.652. The number of alkyl halides is 2. The molecule has 5 nitrogen and oxygen atoms in total. The summed E-state index contributed by atoms with van der Waals surface area (Å²) in [5.74, 6) is 0.307. The molecule has 0 aliphatic heterocycles. The van der Waals surface area contributed by atoms with Gasteiger partial charge in [-0.1, -0.05) is 30.3 Å². The Hall–Kier alpha value is -2.96. The van der Waals surface area contributed by atoms with Gasteiger partial charge in [0.1, 0.15) is 17.1 Å². The number of nitrogens with zero attached hydrogens (tertiary/aromatic N) is 1. The molecule has 1 atom stereocenters. The minimum absolute atomic E-state index is 0.00712. The minimum atomic E-state index is -2.68. The van der Waals surface area contributed by atoms with Crippen molar-refractivity contribution in [2.45, 2.75) is 18.8 Å². The Bertz CT molecular complexity index is 801. The molecule has 2 aromatic heterocycles. The van der Waals surface area contributed by atoms with Crippen LogP contribution < -0.4 is 5.32 Å². The number of H-pyrrole nitrogens is 1. The summed E-state index contributed by atoms with van der Waals surface area (Å²) in [7, 11) is 0. The second-order valence-corrected chi connectivity index (χ2v) is 5.53. The third kappa shape index (κ3) is 4.12. The first-order valence-electron chi connectivity index (χ1n) is 7.85. The zero-order valence-electron chi connectivity index (χ0n) is 13.3. The van der Waals surface area contributed by atoms with E-state index in [9.17, 15) is 13.6 Å². The Morgan fingerprint density at radius 3 is 2.64 bits per heavy atom. The number of nitrogens with one attached hydrogen (secondary N) is 2. The Morgan fingerprint density at radius 2 is 2.00 bits per heavy atom. The monoisotopic (exact) mass is 345 g/mol. The minimum Gasteiger partial charge on any atom is -0.469 e. The highest BCUT2D eigenvalue weighted by Crippen LogP contribution is 2.27. The van der Waals surface area contributed by atoms with Crippen molar-refractivity contribution in [2.75, 3.05) is 6.54 Å². The zero-order valence-corrected chi connectivity index (χ0v) is 13.3. The quantitative estimate of drug-likeness (QED) is 0.682. The number of hydrogen-bond acceptors (Lipinski definition) is 3. The molecule has 130 valence electrons. The molecule has 3 rings (SSSR count). The molecule has 0 aliphatic rings. The van der Waals surface area contributed by atoms with Gasteiger partial charge in [0.25, 0.3) is 12.3 Å². The normalized spacial score (nSPS) is 12.3. The second kappa shape index (κ2) is 7.74. The number of amides is 1. The topological polar surface area (TPSA) is 70.9 Å². The van der Waals surface area contributed by atoms with Gasteiger partial charge in [-0.25, -0.2) is 8.78 Å². The summed E-state index contributed by atoms with van der Waals surface area (Å²) >= 11 is 0. The van der Waals surface area contributed by atoms with Crippen molar-refractivity contribution in [1.29, 1.82) is 0 Å².